The van der Waals surface area contributed by atoms with Crippen molar-refractivity contribution in [2.45, 2.75) is 0 Å². The molecule has 0 saturated carbocycles. The molecule has 0 rings (SSSR count). The molecule has 1 unspecified atom stereocenters. The molecule has 0 aromatic rings. The highest BCUT2D eigenvalue weighted by Gasteiger charge is 2.11. The molecule has 1 atom stereocenters. The highest BCUT2D eigenvalue weighted by molar-refractivity contribution is 7.73. The van der Waals surface area contributed by atoms with Crippen LogP contribution in [0.3, 0.4) is 0 Å². The minimum absolute atomic E-state index is 0.0619. The molecule has 6 nitrogen and oxygen atoms in total. The SMILES string of the molecule is NCCOS(=O)[N+](=O)[O-]. The second-order valence-corrected chi connectivity index (χ2v) is 2.02. The summed E-state index contributed by atoms with van der Waals surface area (Å²) in [6.07, 6.45) is 0. The lowest BCUT2D eigenvalue weighted by Crippen LogP contribution is -2.14. The molecule has 2 N–H and O–H groups in total. The number of hydrogen-bond donors (Lipinski definition) is 1. The maximum Gasteiger partial charge on any atom is 0.501 e. The number of hydrogen-bond acceptors (Lipinski definition) is 5. The maximum atomic E-state index is 10.0. The first-order valence-electron chi connectivity index (χ1n) is 2.08. The molecule has 0 aliphatic rings. The second-order valence-electron chi connectivity index (χ2n) is 1.05. The summed E-state index contributed by atoms with van der Waals surface area (Å²) in [4.78, 5) is 9.54. The fourth-order valence-corrected chi connectivity index (χ4v) is 0.487. The lowest BCUT2D eigenvalue weighted by molar-refractivity contribution is -0.308. The highest BCUT2D eigenvalue weighted by Crippen LogP contribution is 1.83. The number of rotatable bonds is 4. The highest BCUT2D eigenvalue weighted by atomic mass is 32.2. The summed E-state index contributed by atoms with van der Waals surface area (Å²) in [5.74, 6) is 0. The molecule has 0 aliphatic carbocycles. The zero-order valence-electron chi connectivity index (χ0n) is 4.48. The molecular formula is C2H6N2O4S. The molecule has 0 aliphatic heterocycles. The van der Waals surface area contributed by atoms with Crippen molar-refractivity contribution in [3.05, 3.63) is 10.1 Å². The van der Waals surface area contributed by atoms with Gasteiger partial charge in [-0.3, -0.25) is 0 Å². The first kappa shape index (κ1) is 8.47. The molecule has 9 heavy (non-hydrogen) atoms. The minimum Gasteiger partial charge on any atom is -0.328 e. The quantitative estimate of drug-likeness (QED) is 0.406. The van der Waals surface area contributed by atoms with Gasteiger partial charge in [0.25, 0.3) is 0 Å². The predicted octanol–water partition coefficient (Wildman–Crippen LogP) is -1.18. The van der Waals surface area contributed by atoms with Crippen molar-refractivity contribution >= 4 is 11.3 Å². The van der Waals surface area contributed by atoms with Crippen molar-refractivity contribution in [2.24, 2.45) is 5.73 Å². The van der Waals surface area contributed by atoms with Crippen LogP contribution in [0.2, 0.25) is 0 Å². The molecule has 7 heteroatoms. The van der Waals surface area contributed by atoms with Crippen LogP contribution in [0.15, 0.2) is 0 Å². The molecule has 54 valence electrons. The summed E-state index contributed by atoms with van der Waals surface area (Å²) in [6.45, 7) is 0.0627. The Balaban J connectivity index is 3.39. The van der Waals surface area contributed by atoms with Crippen LogP contribution in [-0.4, -0.2) is 21.7 Å². The van der Waals surface area contributed by atoms with E-state index in [4.69, 9.17) is 5.73 Å². The van der Waals surface area contributed by atoms with E-state index in [0.717, 1.165) is 0 Å². The molecule has 0 amide bonds. The van der Waals surface area contributed by atoms with Crippen molar-refractivity contribution in [1.29, 1.82) is 0 Å². The number of nitrogens with two attached hydrogens (primary N) is 1. The Morgan fingerprint density at radius 2 is 2.33 bits per heavy atom. The summed E-state index contributed by atoms with van der Waals surface area (Å²) in [7, 11) is 0. The van der Waals surface area contributed by atoms with Gasteiger partial charge >= 0.3 is 11.3 Å². The van der Waals surface area contributed by atoms with Gasteiger partial charge in [0.1, 0.15) is 0 Å². The fraction of sp³-hybridized carbons (Fsp3) is 1.00. The van der Waals surface area contributed by atoms with Gasteiger partial charge in [0, 0.05) is 6.54 Å². The Hall–Kier alpha value is -0.530. The average Bonchev–Trinajstić information content (AvgIpc) is 1.82. The third-order valence-electron chi connectivity index (χ3n) is 0.424. The zero-order valence-corrected chi connectivity index (χ0v) is 5.30. The Kier molecular flexibility index (Phi) is 4.10. The Bertz CT molecular complexity index is 126. The predicted molar refractivity (Wildman–Crippen MR) is 30.1 cm³/mol. The van der Waals surface area contributed by atoms with Gasteiger partial charge in [-0.2, -0.15) is 4.21 Å². The van der Waals surface area contributed by atoms with Gasteiger partial charge in [-0.25, -0.2) is 14.3 Å². The largest absolute Gasteiger partial charge is 0.501 e. The van der Waals surface area contributed by atoms with E-state index in [1.165, 1.54) is 0 Å². The van der Waals surface area contributed by atoms with Gasteiger partial charge in [0.05, 0.1) is 6.61 Å². The second kappa shape index (κ2) is 4.36. The third kappa shape index (κ3) is 4.01. The Morgan fingerprint density at radius 1 is 1.78 bits per heavy atom. The van der Waals surface area contributed by atoms with E-state index in [0.29, 0.717) is 0 Å². The smallest absolute Gasteiger partial charge is 0.328 e. The maximum absolute atomic E-state index is 10.0. The van der Waals surface area contributed by atoms with E-state index >= 15 is 0 Å². The van der Waals surface area contributed by atoms with E-state index < -0.39 is 15.6 Å². The van der Waals surface area contributed by atoms with Crippen LogP contribution in [0.1, 0.15) is 0 Å². The Morgan fingerprint density at radius 3 is 2.67 bits per heavy atom. The molecule has 0 bridgehead atoms. The van der Waals surface area contributed by atoms with E-state index in [1.54, 1.807) is 0 Å². The summed E-state index contributed by atoms with van der Waals surface area (Å²) in [5.41, 5.74) is 4.89. The fourth-order valence-electron chi connectivity index (χ4n) is 0.162. The summed E-state index contributed by atoms with van der Waals surface area (Å²) >= 11 is -2.43. The molecule has 0 spiro atoms. The standard InChI is InChI=1S/C2H6N2O4S/c3-1-2-8-9(7)4(5)6/h1-3H2. The van der Waals surface area contributed by atoms with Crippen LogP contribution in [0.5, 0.6) is 0 Å². The monoisotopic (exact) mass is 154 g/mol. The summed E-state index contributed by atoms with van der Waals surface area (Å²) in [5, 5.41) is 9.54. The van der Waals surface area contributed by atoms with E-state index in [1.807, 2.05) is 0 Å². The van der Waals surface area contributed by atoms with Crippen LogP contribution >= 0.6 is 0 Å². The van der Waals surface area contributed by atoms with Crippen molar-refractivity contribution in [3.8, 4) is 0 Å². The Labute approximate surface area is 53.9 Å². The first-order chi connectivity index (χ1) is 4.18. The topological polar surface area (TPSA) is 95.5 Å². The van der Waals surface area contributed by atoms with Crippen LogP contribution < -0.4 is 5.73 Å². The first-order valence-corrected chi connectivity index (χ1v) is 3.11. The van der Waals surface area contributed by atoms with Gasteiger partial charge in [0.15, 0.2) is 4.33 Å². The lowest BCUT2D eigenvalue weighted by Gasteiger charge is -1.89. The van der Waals surface area contributed by atoms with E-state index in [2.05, 4.69) is 4.18 Å². The minimum atomic E-state index is -2.43. The van der Waals surface area contributed by atoms with Crippen molar-refractivity contribution in [2.75, 3.05) is 13.2 Å². The number of nitro groups is 1. The van der Waals surface area contributed by atoms with Gasteiger partial charge in [-0.1, -0.05) is 0 Å². The molecule has 0 aromatic carbocycles. The molecule has 0 radical (unpaired) electrons. The molecule has 0 heterocycles. The van der Waals surface area contributed by atoms with E-state index in [-0.39, 0.29) is 13.2 Å². The lowest BCUT2D eigenvalue weighted by atomic mass is 10.8. The summed E-state index contributed by atoms with van der Waals surface area (Å²) < 4.78 is 13.1. The van der Waals surface area contributed by atoms with Gasteiger partial charge in [-0.05, 0) is 0 Å². The average molecular weight is 154 g/mol. The van der Waals surface area contributed by atoms with Crippen molar-refractivity contribution < 1.29 is 12.7 Å². The van der Waals surface area contributed by atoms with Gasteiger partial charge in [-0.15, -0.1) is 0 Å². The molecular weight excluding hydrogens is 148 g/mol. The van der Waals surface area contributed by atoms with E-state index in [9.17, 15) is 14.3 Å². The van der Waals surface area contributed by atoms with Crippen LogP contribution in [-0.2, 0) is 15.4 Å². The van der Waals surface area contributed by atoms with Crippen molar-refractivity contribution in [3.63, 3.8) is 0 Å². The normalized spacial score (nSPS) is 13.0. The molecule has 0 fully saturated rings. The van der Waals surface area contributed by atoms with Crippen LogP contribution in [0.4, 0.5) is 0 Å². The molecule has 0 saturated heterocycles. The number of nitrogens with zero attached hydrogens (tertiary/aromatic N) is 1. The molecule has 0 aromatic heterocycles. The van der Waals surface area contributed by atoms with Crippen LogP contribution in [0.25, 0.3) is 0 Å². The van der Waals surface area contributed by atoms with Gasteiger partial charge < -0.3 is 5.73 Å². The van der Waals surface area contributed by atoms with Gasteiger partial charge in [0.2, 0.25) is 0 Å². The van der Waals surface area contributed by atoms with Crippen molar-refractivity contribution in [1.82, 2.24) is 0 Å². The third-order valence-corrected chi connectivity index (χ3v) is 1.04. The summed E-state index contributed by atoms with van der Waals surface area (Å²) in [6, 6.07) is 0. The zero-order chi connectivity index (χ0) is 7.28. The van der Waals surface area contributed by atoms with Crippen LogP contribution in [0, 0.1) is 10.1 Å².